The Labute approximate surface area is 118 Å². The van der Waals surface area contributed by atoms with Crippen LogP contribution < -0.4 is 5.32 Å². The van der Waals surface area contributed by atoms with E-state index in [-0.39, 0.29) is 5.69 Å². The Morgan fingerprint density at radius 1 is 1.65 bits per heavy atom. The van der Waals surface area contributed by atoms with Gasteiger partial charge in [0.2, 0.25) is 0 Å². The van der Waals surface area contributed by atoms with Crippen LogP contribution in [-0.4, -0.2) is 54.2 Å². The van der Waals surface area contributed by atoms with Gasteiger partial charge in [-0.15, -0.1) is 0 Å². The number of nitrogens with one attached hydrogen (secondary N) is 1. The van der Waals surface area contributed by atoms with Crippen LogP contribution >= 0.6 is 0 Å². The molecular formula is C13H20N4O3. The highest BCUT2D eigenvalue weighted by Crippen LogP contribution is 2.11. The number of rotatable bonds is 6. The van der Waals surface area contributed by atoms with E-state index in [0.717, 1.165) is 12.0 Å². The number of carboxylic acid groups (broad SMARTS) is 1. The Balaban J connectivity index is 0.000000370. The molecule has 0 spiro atoms. The average Bonchev–Trinajstić information content (AvgIpc) is 2.79. The Hall–Kier alpha value is -2.57. The standard InChI is InChI=1S/C7H10N2O2.C6H10N2O/c1-8-5-3-6(7(10)11)9(2)4-5;1-7-3-4-8(2)5-6-9/h3-4,8H,1-2H3,(H,10,11);3-4,6H,1,5H2,2H3/b;4-3-. The Morgan fingerprint density at radius 3 is 2.65 bits per heavy atom. The third-order valence-electron chi connectivity index (χ3n) is 2.30. The lowest BCUT2D eigenvalue weighted by Crippen LogP contribution is -2.12. The van der Waals surface area contributed by atoms with Gasteiger partial charge in [0, 0.05) is 39.7 Å². The van der Waals surface area contributed by atoms with E-state index < -0.39 is 5.97 Å². The quantitative estimate of drug-likeness (QED) is 0.601. The van der Waals surface area contributed by atoms with Crippen molar-refractivity contribution in [1.82, 2.24) is 9.47 Å². The predicted octanol–water partition coefficient (Wildman–Crippen LogP) is 1.05. The number of likely N-dealkylation sites (N-methyl/N-ethyl adjacent to an activating group) is 1. The van der Waals surface area contributed by atoms with Crippen LogP contribution in [0.3, 0.4) is 0 Å². The Kier molecular flexibility index (Phi) is 8.17. The minimum atomic E-state index is -0.908. The summed E-state index contributed by atoms with van der Waals surface area (Å²) in [6.07, 6.45) is 5.77. The number of aliphatic imine (C=N–C) groups is 1. The second kappa shape index (κ2) is 9.37. The summed E-state index contributed by atoms with van der Waals surface area (Å²) in [7, 11) is 5.24. The van der Waals surface area contributed by atoms with Gasteiger partial charge in [0.1, 0.15) is 12.0 Å². The van der Waals surface area contributed by atoms with Crippen LogP contribution in [0, 0.1) is 0 Å². The van der Waals surface area contributed by atoms with Crippen molar-refractivity contribution >= 4 is 24.7 Å². The Bertz CT molecular complexity index is 480. The summed E-state index contributed by atoms with van der Waals surface area (Å²) < 4.78 is 1.56. The van der Waals surface area contributed by atoms with Gasteiger partial charge < -0.3 is 24.7 Å². The molecule has 110 valence electrons. The molecule has 0 saturated heterocycles. The molecule has 0 bridgehead atoms. The first kappa shape index (κ1) is 17.4. The van der Waals surface area contributed by atoms with Gasteiger partial charge in [0.15, 0.2) is 0 Å². The van der Waals surface area contributed by atoms with E-state index in [1.807, 2.05) is 0 Å². The smallest absolute Gasteiger partial charge is 0.352 e. The van der Waals surface area contributed by atoms with Crippen molar-refractivity contribution < 1.29 is 14.7 Å². The monoisotopic (exact) mass is 280 g/mol. The van der Waals surface area contributed by atoms with Crippen molar-refractivity contribution in [2.75, 3.05) is 26.0 Å². The van der Waals surface area contributed by atoms with Crippen molar-refractivity contribution in [3.63, 3.8) is 0 Å². The van der Waals surface area contributed by atoms with Gasteiger partial charge in [-0.1, -0.05) is 0 Å². The molecule has 0 radical (unpaired) electrons. The molecular weight excluding hydrogens is 260 g/mol. The summed E-state index contributed by atoms with van der Waals surface area (Å²) in [5.74, 6) is -0.908. The van der Waals surface area contributed by atoms with Crippen LogP contribution in [0.5, 0.6) is 0 Å². The van der Waals surface area contributed by atoms with Crippen LogP contribution in [0.15, 0.2) is 29.7 Å². The van der Waals surface area contributed by atoms with Crippen molar-refractivity contribution in [2.24, 2.45) is 12.0 Å². The summed E-state index contributed by atoms with van der Waals surface area (Å²) in [6, 6.07) is 1.59. The summed E-state index contributed by atoms with van der Waals surface area (Å²) in [5, 5.41) is 11.5. The first-order valence-corrected chi connectivity index (χ1v) is 5.80. The van der Waals surface area contributed by atoms with E-state index in [9.17, 15) is 9.59 Å². The zero-order valence-corrected chi connectivity index (χ0v) is 11.9. The van der Waals surface area contributed by atoms with Crippen molar-refractivity contribution in [3.8, 4) is 0 Å². The lowest BCUT2D eigenvalue weighted by molar-refractivity contribution is -0.108. The lowest BCUT2D eigenvalue weighted by atomic mass is 10.4. The minimum absolute atomic E-state index is 0.286. The lowest BCUT2D eigenvalue weighted by Gasteiger charge is -2.06. The second-order valence-corrected chi connectivity index (χ2v) is 3.87. The molecule has 0 aliphatic heterocycles. The fraction of sp³-hybridized carbons (Fsp3) is 0.308. The van der Waals surface area contributed by atoms with E-state index in [2.05, 4.69) is 17.0 Å². The number of anilines is 1. The number of carbonyl (C=O) groups is 2. The highest BCUT2D eigenvalue weighted by molar-refractivity contribution is 5.87. The number of aldehydes is 1. The van der Waals surface area contributed by atoms with Crippen molar-refractivity contribution in [2.45, 2.75) is 0 Å². The molecule has 0 unspecified atom stereocenters. The first-order valence-electron chi connectivity index (χ1n) is 5.80. The topological polar surface area (TPSA) is 86.9 Å². The molecule has 1 aromatic rings. The van der Waals surface area contributed by atoms with Gasteiger partial charge in [-0.3, -0.25) is 4.99 Å². The van der Waals surface area contributed by atoms with Crippen LogP contribution in [0.2, 0.25) is 0 Å². The first-order chi connectivity index (χ1) is 9.46. The van der Waals surface area contributed by atoms with Crippen LogP contribution in [-0.2, 0) is 11.8 Å². The number of aryl methyl sites for hydroxylation is 1. The van der Waals surface area contributed by atoms with Gasteiger partial charge in [-0.2, -0.15) is 0 Å². The minimum Gasteiger partial charge on any atom is -0.477 e. The predicted molar refractivity (Wildman–Crippen MR) is 79.3 cm³/mol. The van der Waals surface area contributed by atoms with E-state index in [1.165, 1.54) is 6.20 Å². The molecule has 7 heteroatoms. The van der Waals surface area contributed by atoms with Crippen molar-refractivity contribution in [1.29, 1.82) is 0 Å². The van der Waals surface area contributed by atoms with Gasteiger partial charge in [-0.05, 0) is 12.8 Å². The van der Waals surface area contributed by atoms with E-state index in [0.29, 0.717) is 6.54 Å². The zero-order valence-electron chi connectivity index (χ0n) is 11.9. The summed E-state index contributed by atoms with van der Waals surface area (Å²) in [5.41, 5.74) is 1.10. The number of nitrogens with zero attached hydrogens (tertiary/aromatic N) is 3. The molecule has 1 heterocycles. The highest BCUT2D eigenvalue weighted by Gasteiger charge is 2.07. The molecule has 2 N–H and O–H groups in total. The molecule has 0 aromatic carbocycles. The number of aromatic nitrogens is 1. The summed E-state index contributed by atoms with van der Waals surface area (Å²) in [4.78, 5) is 25.5. The van der Waals surface area contributed by atoms with Gasteiger partial charge in [0.25, 0.3) is 0 Å². The third-order valence-corrected chi connectivity index (χ3v) is 2.30. The second-order valence-electron chi connectivity index (χ2n) is 3.87. The molecule has 0 saturated carbocycles. The number of hydrogen-bond acceptors (Lipinski definition) is 5. The molecule has 20 heavy (non-hydrogen) atoms. The van der Waals surface area contributed by atoms with E-state index in [1.54, 1.807) is 49.1 Å². The molecule has 0 aliphatic rings. The molecule has 7 nitrogen and oxygen atoms in total. The van der Waals surface area contributed by atoms with Crippen molar-refractivity contribution in [3.05, 3.63) is 30.4 Å². The SMILES string of the molecule is C=N/C=C\N(C)CC=O.CNc1cc(C(=O)O)n(C)c1. The largest absolute Gasteiger partial charge is 0.477 e. The maximum atomic E-state index is 10.5. The molecule has 1 aromatic heterocycles. The number of aromatic carboxylic acids is 1. The average molecular weight is 280 g/mol. The highest BCUT2D eigenvalue weighted by atomic mass is 16.4. The molecule has 0 atom stereocenters. The normalized spacial score (nSPS) is 9.55. The molecule has 0 amide bonds. The fourth-order valence-corrected chi connectivity index (χ4v) is 1.25. The molecule has 1 rings (SSSR count). The summed E-state index contributed by atoms with van der Waals surface area (Å²) >= 11 is 0. The molecule has 0 fully saturated rings. The Morgan fingerprint density at radius 2 is 2.30 bits per heavy atom. The van der Waals surface area contributed by atoms with E-state index >= 15 is 0 Å². The van der Waals surface area contributed by atoms with Gasteiger partial charge in [0.05, 0.1) is 12.2 Å². The van der Waals surface area contributed by atoms with Crippen LogP contribution in [0.4, 0.5) is 5.69 Å². The van der Waals surface area contributed by atoms with Crippen LogP contribution in [0.25, 0.3) is 0 Å². The van der Waals surface area contributed by atoms with Crippen LogP contribution in [0.1, 0.15) is 10.5 Å². The summed E-state index contributed by atoms with van der Waals surface area (Å²) in [6.45, 7) is 3.64. The number of carboxylic acids is 1. The zero-order chi connectivity index (χ0) is 15.5. The fourth-order valence-electron chi connectivity index (χ4n) is 1.25. The van der Waals surface area contributed by atoms with Gasteiger partial charge >= 0.3 is 5.97 Å². The number of carbonyl (C=O) groups excluding carboxylic acids is 1. The molecule has 0 aliphatic carbocycles. The van der Waals surface area contributed by atoms with E-state index in [4.69, 9.17) is 5.11 Å². The van der Waals surface area contributed by atoms with Gasteiger partial charge in [-0.25, -0.2) is 4.79 Å². The third kappa shape index (κ3) is 6.39. The maximum Gasteiger partial charge on any atom is 0.352 e. The maximum absolute atomic E-state index is 10.5. The number of hydrogen-bond donors (Lipinski definition) is 2.